The zero-order chi connectivity index (χ0) is 13.5. The molecule has 0 aliphatic rings. The zero-order valence-corrected chi connectivity index (χ0v) is 9.72. The molecule has 1 aromatic carbocycles. The molecule has 2 atom stereocenters. The molecule has 0 heterocycles. The largest absolute Gasteiger partial charge is 0.496 e. The average Bonchev–Trinajstić information content (AvgIpc) is 2.43. The second kappa shape index (κ2) is 6.61. The third kappa shape index (κ3) is 3.21. The van der Waals surface area contributed by atoms with Gasteiger partial charge in [0.05, 0.1) is 19.8 Å². The van der Waals surface area contributed by atoms with E-state index in [4.69, 9.17) is 10.3 Å². The van der Waals surface area contributed by atoms with Gasteiger partial charge in [0.25, 0.3) is 0 Å². The molecule has 96 valence electrons. The highest BCUT2D eigenvalue weighted by atomic mass is 16.5. The van der Waals surface area contributed by atoms with Gasteiger partial charge in [0.1, 0.15) is 18.1 Å². The number of aliphatic hydroxyl groups is 2. The van der Waals surface area contributed by atoms with E-state index in [2.05, 4.69) is 10.0 Å². The number of ether oxygens (including phenoxy) is 1. The smallest absolute Gasteiger partial charge is 0.150 e. The van der Waals surface area contributed by atoms with E-state index in [9.17, 15) is 15.0 Å². The molecule has 0 aliphatic heterocycles. The van der Waals surface area contributed by atoms with Gasteiger partial charge >= 0.3 is 0 Å². The van der Waals surface area contributed by atoms with Crippen LogP contribution >= 0.6 is 0 Å². The van der Waals surface area contributed by atoms with Crippen molar-refractivity contribution in [1.29, 1.82) is 0 Å². The Labute approximate surface area is 103 Å². The average molecular weight is 251 g/mol. The maximum absolute atomic E-state index is 10.7. The van der Waals surface area contributed by atoms with Crippen molar-refractivity contribution in [2.75, 3.05) is 13.7 Å². The van der Waals surface area contributed by atoms with Crippen LogP contribution in [-0.2, 0) is 0 Å². The summed E-state index contributed by atoms with van der Waals surface area (Å²) in [5.74, 6) is 0.341. The molecule has 0 saturated heterocycles. The molecule has 2 N–H and O–H groups in total. The SMILES string of the molecule is COc1ccc(C=O)cc1C(O)C(O)CN=[N+]=[N-]. The highest BCUT2D eigenvalue weighted by Crippen LogP contribution is 2.28. The molecule has 1 rings (SSSR count). The summed E-state index contributed by atoms with van der Waals surface area (Å²) in [5, 5.41) is 22.7. The molecule has 2 unspecified atom stereocenters. The van der Waals surface area contributed by atoms with Crippen LogP contribution in [0.1, 0.15) is 22.0 Å². The van der Waals surface area contributed by atoms with Gasteiger partial charge in [0.2, 0.25) is 0 Å². The van der Waals surface area contributed by atoms with E-state index in [1.54, 1.807) is 0 Å². The first kappa shape index (κ1) is 14.0. The number of carbonyl (C=O) groups is 1. The van der Waals surface area contributed by atoms with Crippen LogP contribution in [-0.4, -0.2) is 36.3 Å². The minimum atomic E-state index is -1.30. The van der Waals surface area contributed by atoms with Crippen molar-refractivity contribution in [2.24, 2.45) is 5.11 Å². The van der Waals surface area contributed by atoms with E-state index in [1.165, 1.54) is 25.3 Å². The molecule has 0 spiro atoms. The van der Waals surface area contributed by atoms with Gasteiger partial charge in [0, 0.05) is 16.0 Å². The first-order valence-corrected chi connectivity index (χ1v) is 5.14. The van der Waals surface area contributed by atoms with Crippen molar-refractivity contribution < 1.29 is 19.7 Å². The minimum absolute atomic E-state index is 0.266. The minimum Gasteiger partial charge on any atom is -0.496 e. The summed E-state index contributed by atoms with van der Waals surface area (Å²) >= 11 is 0. The Bertz CT molecular complexity index is 471. The summed E-state index contributed by atoms with van der Waals surface area (Å²) in [6.45, 7) is -0.272. The van der Waals surface area contributed by atoms with Gasteiger partial charge in [-0.05, 0) is 23.7 Å². The van der Waals surface area contributed by atoms with Crippen molar-refractivity contribution in [2.45, 2.75) is 12.2 Å². The summed E-state index contributed by atoms with van der Waals surface area (Å²) in [4.78, 5) is 13.2. The lowest BCUT2D eigenvalue weighted by Gasteiger charge is -2.19. The van der Waals surface area contributed by atoms with Gasteiger partial charge in [-0.1, -0.05) is 5.11 Å². The molecule has 0 amide bonds. The van der Waals surface area contributed by atoms with E-state index in [1.807, 2.05) is 0 Å². The first-order chi connectivity index (χ1) is 8.63. The Morgan fingerprint density at radius 3 is 2.83 bits per heavy atom. The van der Waals surface area contributed by atoms with Crippen LogP contribution in [0.15, 0.2) is 23.3 Å². The molecule has 7 heteroatoms. The Morgan fingerprint density at radius 2 is 2.28 bits per heavy atom. The number of azide groups is 1. The van der Waals surface area contributed by atoms with Gasteiger partial charge < -0.3 is 14.9 Å². The molecule has 1 aromatic rings. The molecule has 18 heavy (non-hydrogen) atoms. The van der Waals surface area contributed by atoms with Crippen LogP contribution in [0.2, 0.25) is 0 Å². The maximum atomic E-state index is 10.7. The first-order valence-electron chi connectivity index (χ1n) is 5.14. The summed E-state index contributed by atoms with van der Waals surface area (Å²) in [7, 11) is 1.41. The Morgan fingerprint density at radius 1 is 1.56 bits per heavy atom. The fourth-order valence-electron chi connectivity index (χ4n) is 1.48. The fourth-order valence-corrected chi connectivity index (χ4v) is 1.48. The zero-order valence-electron chi connectivity index (χ0n) is 9.72. The van der Waals surface area contributed by atoms with E-state index in [0.29, 0.717) is 17.6 Å². The molecule has 0 radical (unpaired) electrons. The number of hydrogen-bond acceptors (Lipinski definition) is 5. The Kier molecular flexibility index (Phi) is 5.13. The quantitative estimate of drug-likeness (QED) is 0.342. The van der Waals surface area contributed by atoms with E-state index in [-0.39, 0.29) is 12.1 Å². The van der Waals surface area contributed by atoms with E-state index in [0.717, 1.165) is 0 Å². The summed E-state index contributed by atoms with van der Waals surface area (Å²) in [6, 6.07) is 4.46. The maximum Gasteiger partial charge on any atom is 0.150 e. The van der Waals surface area contributed by atoms with Crippen LogP contribution in [0.3, 0.4) is 0 Å². The number of nitrogens with zero attached hydrogens (tertiary/aromatic N) is 3. The van der Waals surface area contributed by atoms with Crippen molar-refractivity contribution >= 4 is 6.29 Å². The van der Waals surface area contributed by atoms with Crippen molar-refractivity contribution in [3.05, 3.63) is 39.8 Å². The molecule has 0 bridgehead atoms. The molecule has 0 saturated carbocycles. The van der Waals surface area contributed by atoms with Gasteiger partial charge in [-0.15, -0.1) is 0 Å². The Hall–Kier alpha value is -2.08. The van der Waals surface area contributed by atoms with Crippen LogP contribution in [0.4, 0.5) is 0 Å². The van der Waals surface area contributed by atoms with Crippen molar-refractivity contribution in [3.63, 3.8) is 0 Å². The third-order valence-electron chi connectivity index (χ3n) is 2.40. The molecule has 0 aliphatic carbocycles. The number of hydrogen-bond donors (Lipinski definition) is 2. The normalized spacial score (nSPS) is 13.3. The van der Waals surface area contributed by atoms with Crippen LogP contribution in [0, 0.1) is 0 Å². The van der Waals surface area contributed by atoms with Crippen LogP contribution < -0.4 is 4.74 Å². The molecule has 0 fully saturated rings. The molecule has 0 aromatic heterocycles. The molecule has 7 nitrogen and oxygen atoms in total. The van der Waals surface area contributed by atoms with Crippen LogP contribution in [0.25, 0.3) is 10.4 Å². The number of aldehydes is 1. The van der Waals surface area contributed by atoms with Gasteiger partial charge in [0.15, 0.2) is 0 Å². The summed E-state index contributed by atoms with van der Waals surface area (Å²) in [5.41, 5.74) is 8.76. The number of carbonyl (C=O) groups excluding carboxylic acids is 1. The number of rotatable bonds is 6. The molecular formula is C11H13N3O4. The van der Waals surface area contributed by atoms with Crippen molar-refractivity contribution in [1.82, 2.24) is 0 Å². The predicted molar refractivity (Wildman–Crippen MR) is 63.4 cm³/mol. The standard InChI is InChI=1S/C11H13N3O4/c1-18-10-3-2-7(6-15)4-8(10)11(17)9(16)5-13-14-12/h2-4,6,9,11,16-17H,5H2,1H3. The lowest BCUT2D eigenvalue weighted by Crippen LogP contribution is -2.21. The highest BCUT2D eigenvalue weighted by Gasteiger charge is 2.21. The number of methoxy groups -OCH3 is 1. The Balaban J connectivity index is 3.04. The second-order valence-corrected chi connectivity index (χ2v) is 3.54. The highest BCUT2D eigenvalue weighted by molar-refractivity contribution is 5.75. The summed E-state index contributed by atoms with van der Waals surface area (Å²) in [6.07, 6.45) is -1.95. The van der Waals surface area contributed by atoms with Crippen molar-refractivity contribution in [3.8, 4) is 5.75 Å². The predicted octanol–water partition coefficient (Wildman–Crippen LogP) is 1.21. The fraction of sp³-hybridized carbons (Fsp3) is 0.364. The topological polar surface area (TPSA) is 116 Å². The van der Waals surface area contributed by atoms with Crippen LogP contribution in [0.5, 0.6) is 5.75 Å². The monoisotopic (exact) mass is 251 g/mol. The second-order valence-electron chi connectivity index (χ2n) is 3.54. The van der Waals surface area contributed by atoms with E-state index < -0.39 is 12.2 Å². The lowest BCUT2D eigenvalue weighted by atomic mass is 10.0. The van der Waals surface area contributed by atoms with Gasteiger partial charge in [-0.3, -0.25) is 4.79 Å². The third-order valence-corrected chi connectivity index (χ3v) is 2.40. The van der Waals surface area contributed by atoms with Gasteiger partial charge in [-0.25, -0.2) is 0 Å². The molecular weight excluding hydrogens is 238 g/mol. The summed E-state index contributed by atoms with van der Waals surface area (Å²) < 4.78 is 5.03. The number of aliphatic hydroxyl groups excluding tert-OH is 2. The van der Waals surface area contributed by atoms with E-state index >= 15 is 0 Å². The number of benzene rings is 1. The van der Waals surface area contributed by atoms with Gasteiger partial charge in [-0.2, -0.15) is 0 Å². The lowest BCUT2D eigenvalue weighted by molar-refractivity contribution is 0.0229.